The molecule has 2 aromatic rings. The molecule has 164 valence electrons. The van der Waals surface area contributed by atoms with Crippen LogP contribution in [0.2, 0.25) is 0 Å². The molecular formula is C29H36FN. The SMILES string of the molecule is C=C1C(C)C(C2=CC=C(C)CC2)N1c1ccc(F)cc1.CCC(C)c1ccc(C)cc1. The summed E-state index contributed by atoms with van der Waals surface area (Å²) in [5, 5.41) is 0. The average Bonchev–Trinajstić information content (AvgIpc) is 2.79. The molecule has 1 saturated heterocycles. The van der Waals surface area contributed by atoms with E-state index >= 15 is 0 Å². The normalized spacial score (nSPS) is 21.4. The summed E-state index contributed by atoms with van der Waals surface area (Å²) in [5.74, 6) is 0.966. The van der Waals surface area contributed by atoms with Crippen molar-refractivity contribution in [1.82, 2.24) is 0 Å². The first-order chi connectivity index (χ1) is 14.8. The zero-order chi connectivity index (χ0) is 22.5. The van der Waals surface area contributed by atoms with Crippen LogP contribution in [0.5, 0.6) is 0 Å². The van der Waals surface area contributed by atoms with E-state index in [-0.39, 0.29) is 5.82 Å². The van der Waals surface area contributed by atoms with Gasteiger partial charge in [-0.3, -0.25) is 0 Å². The van der Waals surface area contributed by atoms with Gasteiger partial charge >= 0.3 is 0 Å². The van der Waals surface area contributed by atoms with E-state index in [1.165, 1.54) is 40.8 Å². The molecule has 4 rings (SSSR count). The Hall–Kier alpha value is -2.61. The predicted octanol–water partition coefficient (Wildman–Crippen LogP) is 8.34. The predicted molar refractivity (Wildman–Crippen MR) is 132 cm³/mol. The summed E-state index contributed by atoms with van der Waals surface area (Å²) in [4.78, 5) is 2.24. The lowest BCUT2D eigenvalue weighted by Gasteiger charge is -2.51. The van der Waals surface area contributed by atoms with Gasteiger partial charge in [0.05, 0.1) is 6.04 Å². The zero-order valence-electron chi connectivity index (χ0n) is 19.7. The Kier molecular flexibility index (Phi) is 7.54. The lowest BCUT2D eigenvalue weighted by atomic mass is 9.78. The van der Waals surface area contributed by atoms with Gasteiger partial charge < -0.3 is 4.90 Å². The van der Waals surface area contributed by atoms with Crippen LogP contribution >= 0.6 is 0 Å². The van der Waals surface area contributed by atoms with Gasteiger partial charge in [-0.1, -0.05) is 74.9 Å². The third kappa shape index (κ3) is 5.36. The highest BCUT2D eigenvalue weighted by atomic mass is 19.1. The molecule has 0 spiro atoms. The fourth-order valence-corrected chi connectivity index (χ4v) is 4.27. The number of anilines is 1. The Morgan fingerprint density at radius 1 is 1.00 bits per heavy atom. The maximum Gasteiger partial charge on any atom is 0.123 e. The first-order valence-corrected chi connectivity index (χ1v) is 11.5. The van der Waals surface area contributed by atoms with E-state index in [0.29, 0.717) is 17.9 Å². The highest BCUT2D eigenvalue weighted by molar-refractivity contribution is 5.61. The van der Waals surface area contributed by atoms with E-state index < -0.39 is 0 Å². The van der Waals surface area contributed by atoms with Crippen molar-refractivity contribution >= 4 is 5.69 Å². The Labute approximate surface area is 188 Å². The fraction of sp³-hybridized carbons (Fsp3) is 0.379. The van der Waals surface area contributed by atoms with Crippen molar-refractivity contribution in [2.45, 2.75) is 65.8 Å². The van der Waals surface area contributed by atoms with Gasteiger partial charge in [0.25, 0.3) is 0 Å². The molecule has 31 heavy (non-hydrogen) atoms. The quantitative estimate of drug-likeness (QED) is 0.483. The summed E-state index contributed by atoms with van der Waals surface area (Å²) in [7, 11) is 0. The lowest BCUT2D eigenvalue weighted by molar-refractivity contribution is 0.425. The average molecular weight is 418 g/mol. The highest BCUT2D eigenvalue weighted by Crippen LogP contribution is 2.44. The van der Waals surface area contributed by atoms with Crippen molar-refractivity contribution < 1.29 is 4.39 Å². The van der Waals surface area contributed by atoms with Gasteiger partial charge in [0.2, 0.25) is 0 Å². The van der Waals surface area contributed by atoms with Gasteiger partial charge in [0.1, 0.15) is 5.82 Å². The van der Waals surface area contributed by atoms with E-state index in [0.717, 1.165) is 24.2 Å². The molecule has 1 heterocycles. The number of hydrogen-bond donors (Lipinski definition) is 0. The number of hydrogen-bond acceptors (Lipinski definition) is 1. The van der Waals surface area contributed by atoms with E-state index in [1.54, 1.807) is 0 Å². The van der Waals surface area contributed by atoms with E-state index in [1.807, 2.05) is 12.1 Å². The second-order valence-electron chi connectivity index (χ2n) is 9.05. The molecule has 1 aliphatic heterocycles. The molecule has 3 atom stereocenters. The molecular weight excluding hydrogens is 381 g/mol. The second-order valence-corrected chi connectivity index (χ2v) is 9.05. The molecule has 3 unspecified atom stereocenters. The second kappa shape index (κ2) is 10.1. The Morgan fingerprint density at radius 3 is 2.19 bits per heavy atom. The van der Waals surface area contributed by atoms with Gasteiger partial charge in [-0.25, -0.2) is 4.39 Å². The number of halogens is 1. The minimum Gasteiger partial charge on any atom is -0.338 e. The van der Waals surface area contributed by atoms with Crippen LogP contribution in [0.1, 0.15) is 64.0 Å². The smallest absolute Gasteiger partial charge is 0.123 e. The van der Waals surface area contributed by atoms with E-state index in [4.69, 9.17) is 0 Å². The standard InChI is InChI=1S/C18H20FN.C11H16/c1-12-4-6-15(7-5-12)18-13(2)14(3)20(18)17-10-8-16(19)9-11-17;1-4-10(3)11-7-5-9(2)6-8-11/h4,6,8-11,13,18H,3,5,7H2,1-2H3;5-8,10H,4H2,1-3H3. The Morgan fingerprint density at radius 2 is 1.65 bits per heavy atom. The van der Waals surface area contributed by atoms with E-state index in [9.17, 15) is 4.39 Å². The first kappa shape index (κ1) is 23.1. The molecule has 1 fully saturated rings. The molecule has 0 N–H and O–H groups in total. The van der Waals surface area contributed by atoms with Gasteiger partial charge in [-0.05, 0) is 74.4 Å². The summed E-state index contributed by atoms with van der Waals surface area (Å²) in [6, 6.07) is 15.9. The summed E-state index contributed by atoms with van der Waals surface area (Å²) < 4.78 is 13.1. The molecule has 2 aromatic carbocycles. The van der Waals surface area contributed by atoms with Crippen molar-refractivity contribution in [3.63, 3.8) is 0 Å². The summed E-state index contributed by atoms with van der Waals surface area (Å²) in [6.45, 7) is 15.2. The van der Waals surface area contributed by atoms with Crippen molar-refractivity contribution in [2.75, 3.05) is 4.90 Å². The molecule has 0 bridgehead atoms. The van der Waals surface area contributed by atoms with Crippen LogP contribution in [0.25, 0.3) is 0 Å². The van der Waals surface area contributed by atoms with Crippen molar-refractivity contribution in [1.29, 1.82) is 0 Å². The first-order valence-electron chi connectivity index (χ1n) is 11.5. The van der Waals surface area contributed by atoms with Crippen LogP contribution in [-0.2, 0) is 0 Å². The lowest BCUT2D eigenvalue weighted by Crippen LogP contribution is -2.53. The number of aryl methyl sites for hydroxylation is 1. The van der Waals surface area contributed by atoms with Gasteiger partial charge in [0, 0.05) is 17.3 Å². The van der Waals surface area contributed by atoms with Crippen LogP contribution in [0, 0.1) is 18.7 Å². The third-order valence-corrected chi connectivity index (χ3v) is 6.72. The van der Waals surface area contributed by atoms with Crippen LogP contribution in [0.4, 0.5) is 10.1 Å². The molecule has 0 saturated carbocycles. The fourth-order valence-electron chi connectivity index (χ4n) is 4.27. The third-order valence-electron chi connectivity index (χ3n) is 6.72. The van der Waals surface area contributed by atoms with Gasteiger partial charge in [-0.2, -0.15) is 0 Å². The van der Waals surface area contributed by atoms with Crippen molar-refractivity contribution in [2.24, 2.45) is 5.92 Å². The molecule has 2 heteroatoms. The number of benzene rings is 2. The minimum absolute atomic E-state index is 0.195. The van der Waals surface area contributed by atoms with Gasteiger partial charge in [-0.15, -0.1) is 0 Å². The molecule has 1 nitrogen and oxygen atoms in total. The summed E-state index contributed by atoms with van der Waals surface area (Å²) in [5.41, 5.74) is 7.85. The maximum atomic E-state index is 13.1. The monoisotopic (exact) mass is 417 g/mol. The number of nitrogens with zero attached hydrogens (tertiary/aromatic N) is 1. The molecule has 0 aromatic heterocycles. The van der Waals surface area contributed by atoms with E-state index in [2.05, 4.69) is 82.5 Å². The molecule has 2 aliphatic rings. The van der Waals surface area contributed by atoms with Crippen LogP contribution < -0.4 is 4.90 Å². The van der Waals surface area contributed by atoms with Crippen LogP contribution in [0.15, 0.2) is 84.1 Å². The molecule has 1 aliphatic carbocycles. The van der Waals surface area contributed by atoms with Crippen LogP contribution in [-0.4, -0.2) is 6.04 Å². The Bertz CT molecular complexity index is 949. The van der Waals surface area contributed by atoms with Crippen molar-refractivity contribution in [3.8, 4) is 0 Å². The largest absolute Gasteiger partial charge is 0.338 e. The van der Waals surface area contributed by atoms with Gasteiger partial charge in [0.15, 0.2) is 0 Å². The zero-order valence-corrected chi connectivity index (χ0v) is 19.7. The molecule has 0 amide bonds. The number of allylic oxidation sites excluding steroid dienone is 3. The van der Waals surface area contributed by atoms with Crippen LogP contribution in [0.3, 0.4) is 0 Å². The number of rotatable bonds is 4. The Balaban J connectivity index is 0.000000210. The summed E-state index contributed by atoms with van der Waals surface area (Å²) >= 11 is 0. The minimum atomic E-state index is -0.195. The maximum absolute atomic E-state index is 13.1. The summed E-state index contributed by atoms with van der Waals surface area (Å²) in [6.07, 6.45) is 7.95. The van der Waals surface area contributed by atoms with Crippen molar-refractivity contribution in [3.05, 3.63) is 101 Å². The highest BCUT2D eigenvalue weighted by Gasteiger charge is 2.41. The molecule has 0 radical (unpaired) electrons. The topological polar surface area (TPSA) is 3.24 Å².